The Balaban J connectivity index is 3.49. The fraction of sp³-hybridized carbons (Fsp3) is 1.00. The van der Waals surface area contributed by atoms with Crippen molar-refractivity contribution in [3.8, 4) is 0 Å². The van der Waals surface area contributed by atoms with Crippen molar-refractivity contribution in [1.29, 1.82) is 0 Å². The van der Waals surface area contributed by atoms with Crippen LogP contribution in [-0.4, -0.2) is 45.5 Å². The number of hydrogen-bond acceptors (Lipinski definition) is 1. The van der Waals surface area contributed by atoms with Gasteiger partial charge in [-0.1, -0.05) is 0 Å². The first-order chi connectivity index (χ1) is 6.11. The second-order valence-corrected chi connectivity index (χ2v) is 14.7. The van der Waals surface area contributed by atoms with Crippen LogP contribution >= 0.6 is 0 Å². The van der Waals surface area contributed by atoms with E-state index in [4.69, 9.17) is 0 Å². The number of nitrogens with zero attached hydrogens (tertiary/aromatic N) is 1. The predicted molar refractivity (Wildman–Crippen MR) is 63.9 cm³/mol. The van der Waals surface area contributed by atoms with E-state index in [9.17, 15) is 0 Å². The summed E-state index contributed by atoms with van der Waals surface area (Å²) in [6.07, 6.45) is 1.46. The summed E-state index contributed by atoms with van der Waals surface area (Å²) in [6.45, 7) is 11.8. The van der Waals surface area contributed by atoms with Gasteiger partial charge in [-0.2, -0.15) is 0 Å². The van der Waals surface area contributed by atoms with Gasteiger partial charge in [0.15, 0.2) is 0 Å². The third kappa shape index (κ3) is 6.84. The first-order valence-electron chi connectivity index (χ1n) is 5.85. The van der Waals surface area contributed by atoms with Crippen molar-refractivity contribution in [2.75, 3.05) is 13.1 Å². The molecule has 78 valence electrons. The second kappa shape index (κ2) is 8.16. The molecular weight excluding hydrogens is 261 g/mol. The van der Waals surface area contributed by atoms with E-state index in [1.807, 2.05) is 0 Å². The van der Waals surface area contributed by atoms with Crippen molar-refractivity contribution in [3.63, 3.8) is 0 Å². The molecule has 0 fully saturated rings. The zero-order valence-corrected chi connectivity index (χ0v) is 13.4. The molecule has 0 heterocycles. The molecule has 0 aliphatic heterocycles. The van der Waals surface area contributed by atoms with E-state index in [-0.39, 0.29) is 0 Å². The van der Waals surface area contributed by atoms with E-state index in [1.54, 1.807) is 4.18 Å². The molecule has 2 heteroatoms. The summed E-state index contributed by atoms with van der Waals surface area (Å²) >= 11 is -0.933. The van der Waals surface area contributed by atoms with Crippen LogP contribution in [0.4, 0.5) is 0 Å². The molecule has 0 radical (unpaired) electrons. The van der Waals surface area contributed by atoms with Gasteiger partial charge in [-0.15, -0.1) is 0 Å². The first kappa shape index (κ1) is 13.8. The predicted octanol–water partition coefficient (Wildman–Crippen LogP) is 3.25. The van der Waals surface area contributed by atoms with Crippen LogP contribution in [0.1, 0.15) is 34.1 Å². The Hall–Kier alpha value is 0.830. The third-order valence-corrected chi connectivity index (χ3v) is 10.9. The molecule has 0 bridgehead atoms. The van der Waals surface area contributed by atoms with Gasteiger partial charge in [0.1, 0.15) is 0 Å². The Morgan fingerprint density at radius 2 is 1.85 bits per heavy atom. The van der Waals surface area contributed by atoms with Crippen molar-refractivity contribution in [1.82, 2.24) is 4.90 Å². The summed E-state index contributed by atoms with van der Waals surface area (Å²) in [5, 5.41) is 0. The summed E-state index contributed by atoms with van der Waals surface area (Å²) in [5.74, 6) is 0. The van der Waals surface area contributed by atoms with Crippen LogP contribution in [0.3, 0.4) is 0 Å². The number of hydrogen-bond donors (Lipinski definition) is 0. The molecule has 0 saturated heterocycles. The molecule has 0 saturated carbocycles. The van der Waals surface area contributed by atoms with Gasteiger partial charge < -0.3 is 0 Å². The van der Waals surface area contributed by atoms with Crippen LogP contribution in [0.2, 0.25) is 13.0 Å². The average Bonchev–Trinajstić information content (AvgIpc) is 2.11. The monoisotopic (exact) mass is 287 g/mol. The van der Waals surface area contributed by atoms with Crippen LogP contribution in [0.15, 0.2) is 0 Å². The minimum atomic E-state index is -0.933. The van der Waals surface area contributed by atoms with E-state index < -0.39 is 21.4 Å². The fourth-order valence-electron chi connectivity index (χ4n) is 1.63. The Bertz CT molecular complexity index is 115. The third-order valence-electron chi connectivity index (χ3n) is 2.98. The van der Waals surface area contributed by atoms with Gasteiger partial charge >= 0.3 is 92.6 Å². The molecule has 0 aliphatic rings. The Kier molecular flexibility index (Phi) is 8.69. The van der Waals surface area contributed by atoms with Gasteiger partial charge in [0.2, 0.25) is 0 Å². The van der Waals surface area contributed by atoms with Crippen LogP contribution in [0.25, 0.3) is 0 Å². The molecule has 0 spiro atoms. The second-order valence-electron chi connectivity index (χ2n) is 4.38. The van der Waals surface area contributed by atoms with Gasteiger partial charge in [0, 0.05) is 0 Å². The van der Waals surface area contributed by atoms with E-state index in [2.05, 4.69) is 37.3 Å². The molecule has 0 aromatic rings. The minimum absolute atomic E-state index is 0.733. The first-order valence-corrected chi connectivity index (χ1v) is 13.8. The van der Waals surface area contributed by atoms with Gasteiger partial charge in [-0.25, -0.2) is 0 Å². The zero-order chi connectivity index (χ0) is 10.3. The topological polar surface area (TPSA) is 3.24 Å². The van der Waals surface area contributed by atoms with Crippen molar-refractivity contribution < 1.29 is 0 Å². The summed E-state index contributed by atoms with van der Waals surface area (Å²) in [6, 6.07) is 0.733. The summed E-state index contributed by atoms with van der Waals surface area (Å²) in [7, 11) is 0. The van der Waals surface area contributed by atoms with Crippen molar-refractivity contribution in [2.24, 2.45) is 0 Å². The molecule has 0 atom stereocenters. The normalized spacial score (nSPS) is 11.3. The van der Waals surface area contributed by atoms with Crippen molar-refractivity contribution >= 4 is 21.4 Å². The molecule has 0 aliphatic carbocycles. The maximum atomic E-state index is 2.58. The SMILES string of the molecule is CCN(CC[CH2][In]([CH3])[CH2]C)C(C)C. The van der Waals surface area contributed by atoms with Crippen LogP contribution < -0.4 is 0 Å². The maximum absolute atomic E-state index is 2.58. The molecular formula is C11H26InN. The average molecular weight is 287 g/mol. The Labute approximate surface area is 92.4 Å². The van der Waals surface area contributed by atoms with Gasteiger partial charge in [0.25, 0.3) is 0 Å². The Morgan fingerprint density at radius 1 is 1.23 bits per heavy atom. The van der Waals surface area contributed by atoms with Crippen molar-refractivity contribution in [3.05, 3.63) is 0 Å². The summed E-state index contributed by atoms with van der Waals surface area (Å²) < 4.78 is 5.70. The summed E-state index contributed by atoms with van der Waals surface area (Å²) in [5.41, 5.74) is 0. The molecule has 0 N–H and O–H groups in total. The number of rotatable bonds is 7. The quantitative estimate of drug-likeness (QED) is 0.694. The van der Waals surface area contributed by atoms with Gasteiger partial charge in [-0.3, -0.25) is 0 Å². The molecule has 0 unspecified atom stereocenters. The van der Waals surface area contributed by atoms with E-state index in [0.717, 1.165) is 6.04 Å². The summed E-state index contributed by atoms with van der Waals surface area (Å²) in [4.78, 5) is 2.58. The molecule has 0 rings (SSSR count). The van der Waals surface area contributed by atoms with E-state index in [1.165, 1.54) is 23.7 Å². The van der Waals surface area contributed by atoms with Crippen molar-refractivity contribution in [2.45, 2.75) is 53.2 Å². The fourth-order valence-corrected chi connectivity index (χ4v) is 5.30. The standard InChI is InChI=1S/C8H18N.C2H5.CH3.In/c1-5-7-9(6-2)8(3)4;1-2;;/h8H,1,5-7H2,2-4H3;1H2,2H3;1H3;. The van der Waals surface area contributed by atoms with E-state index in [0.29, 0.717) is 0 Å². The molecule has 0 aromatic carbocycles. The Morgan fingerprint density at radius 3 is 2.23 bits per heavy atom. The van der Waals surface area contributed by atoms with Crippen LogP contribution in [0.5, 0.6) is 0 Å². The van der Waals surface area contributed by atoms with Crippen LogP contribution in [-0.2, 0) is 0 Å². The van der Waals surface area contributed by atoms with Gasteiger partial charge in [0.05, 0.1) is 0 Å². The molecule has 0 aromatic heterocycles. The van der Waals surface area contributed by atoms with E-state index >= 15 is 0 Å². The molecule has 0 amide bonds. The molecule has 1 nitrogen and oxygen atoms in total. The van der Waals surface area contributed by atoms with Crippen LogP contribution in [0, 0.1) is 0 Å². The van der Waals surface area contributed by atoms with Gasteiger partial charge in [-0.05, 0) is 0 Å². The molecule has 13 heavy (non-hydrogen) atoms. The zero-order valence-electron chi connectivity index (χ0n) is 10.1.